The Morgan fingerprint density at radius 2 is 1.52 bits per heavy atom. The van der Waals surface area contributed by atoms with Gasteiger partial charge in [0.05, 0.1) is 23.1 Å². The first kappa shape index (κ1) is 33.2. The molecule has 2 fully saturated rings. The van der Waals surface area contributed by atoms with E-state index in [0.29, 0.717) is 78.7 Å². The molecule has 2 saturated heterocycles. The van der Waals surface area contributed by atoms with Crippen LogP contribution in [0, 0.1) is 42.4 Å². The van der Waals surface area contributed by atoms with Crippen LogP contribution in [-0.4, -0.2) is 77.8 Å². The molecule has 0 amide bonds. The average molecular weight is 693 g/mol. The number of hydrogen-bond acceptors (Lipinski definition) is 10. The van der Waals surface area contributed by atoms with Crippen LogP contribution in [0.2, 0.25) is 0 Å². The van der Waals surface area contributed by atoms with Crippen LogP contribution >= 0.6 is 0 Å². The standard InChI is InChI=1S/C40H36N8O4/c1-23-31(5-3-7-33(23)37-44-38-29(17-42)14-26(20-48(38)45-37)19-47-12-10-30(49)22-47)32-6-4-8-34(24(32)2)39-43-35-15-25(13-28(16-41)36(35)52-39)18-46-11-9-27(21-46)40(50)51/h3-8,13-15,20,27,30,49H,9-12,18-19,21-22H2,1-2H3,(H,50,51)/t27-,30-/m1/s1. The predicted octanol–water partition coefficient (Wildman–Crippen LogP) is 5.70. The second-order valence-corrected chi connectivity index (χ2v) is 13.9. The zero-order valence-corrected chi connectivity index (χ0v) is 28.9. The van der Waals surface area contributed by atoms with Crippen LogP contribution in [0.4, 0.5) is 0 Å². The normalized spacial score (nSPS) is 17.9. The lowest BCUT2D eigenvalue weighted by molar-refractivity contribution is -0.141. The number of pyridine rings is 1. The summed E-state index contributed by atoms with van der Waals surface area (Å²) in [7, 11) is 0. The highest BCUT2D eigenvalue weighted by Gasteiger charge is 2.28. The highest BCUT2D eigenvalue weighted by atomic mass is 16.4. The van der Waals surface area contributed by atoms with Crippen molar-refractivity contribution in [1.82, 2.24) is 29.4 Å². The second kappa shape index (κ2) is 13.3. The van der Waals surface area contributed by atoms with Crippen molar-refractivity contribution in [3.63, 3.8) is 0 Å². The number of aliphatic carboxylic acids is 1. The molecule has 0 saturated carbocycles. The van der Waals surface area contributed by atoms with Gasteiger partial charge in [0.25, 0.3) is 0 Å². The molecule has 3 aromatic heterocycles. The smallest absolute Gasteiger partial charge is 0.307 e. The molecule has 2 aliphatic heterocycles. The maximum absolute atomic E-state index is 11.5. The topological polar surface area (TPSA) is 168 Å². The fourth-order valence-corrected chi connectivity index (χ4v) is 7.68. The second-order valence-electron chi connectivity index (χ2n) is 13.9. The van der Waals surface area contributed by atoms with E-state index in [2.05, 4.69) is 34.1 Å². The van der Waals surface area contributed by atoms with Gasteiger partial charge in [-0.1, -0.05) is 30.3 Å². The zero-order chi connectivity index (χ0) is 36.1. The monoisotopic (exact) mass is 692 g/mol. The summed E-state index contributed by atoms with van der Waals surface area (Å²) >= 11 is 0. The lowest BCUT2D eigenvalue weighted by Gasteiger charge is -2.15. The number of carboxylic acid groups (broad SMARTS) is 1. The number of oxazole rings is 1. The number of benzene rings is 3. The van der Waals surface area contributed by atoms with Crippen molar-refractivity contribution in [3.05, 3.63) is 94.2 Å². The number of hydrogen-bond donors (Lipinski definition) is 2. The molecule has 2 N–H and O–H groups in total. The molecule has 260 valence electrons. The minimum Gasteiger partial charge on any atom is -0.481 e. The van der Waals surface area contributed by atoms with Gasteiger partial charge >= 0.3 is 5.97 Å². The van der Waals surface area contributed by atoms with Crippen molar-refractivity contribution in [2.24, 2.45) is 5.92 Å². The number of β-amino-alcohol motifs (C(OH)–C–C–N with tert-alkyl or cyclic N) is 1. The van der Waals surface area contributed by atoms with E-state index in [1.54, 1.807) is 10.6 Å². The van der Waals surface area contributed by atoms with Gasteiger partial charge < -0.3 is 14.6 Å². The summed E-state index contributed by atoms with van der Waals surface area (Å²) in [6, 6.07) is 22.1. The Morgan fingerprint density at radius 3 is 2.21 bits per heavy atom. The summed E-state index contributed by atoms with van der Waals surface area (Å²) < 4.78 is 7.95. The van der Waals surface area contributed by atoms with Gasteiger partial charge in [-0.05, 0) is 90.9 Å². The van der Waals surface area contributed by atoms with Crippen molar-refractivity contribution < 1.29 is 19.4 Å². The third-order valence-corrected chi connectivity index (χ3v) is 10.4. The molecule has 8 rings (SSSR count). The molecule has 0 unspecified atom stereocenters. The van der Waals surface area contributed by atoms with Gasteiger partial charge in [0, 0.05) is 50.0 Å². The Balaban J connectivity index is 1.11. The van der Waals surface area contributed by atoms with Crippen LogP contribution in [0.25, 0.3) is 50.7 Å². The number of likely N-dealkylation sites (tertiary alicyclic amines) is 2. The van der Waals surface area contributed by atoms with Crippen molar-refractivity contribution in [2.45, 2.75) is 45.9 Å². The number of aliphatic hydroxyl groups is 1. The van der Waals surface area contributed by atoms with E-state index in [1.807, 2.05) is 56.4 Å². The van der Waals surface area contributed by atoms with Crippen LogP contribution in [0.3, 0.4) is 0 Å². The fraction of sp³-hybridized carbons (Fsp3) is 0.300. The van der Waals surface area contributed by atoms with Crippen LogP contribution in [-0.2, 0) is 17.9 Å². The number of nitriles is 2. The van der Waals surface area contributed by atoms with Crippen LogP contribution in [0.1, 0.15) is 46.2 Å². The lowest BCUT2D eigenvalue weighted by Crippen LogP contribution is -2.22. The molecular weight excluding hydrogens is 656 g/mol. The van der Waals surface area contributed by atoms with E-state index in [9.17, 15) is 25.5 Å². The number of aromatic nitrogens is 4. The first-order valence-corrected chi connectivity index (χ1v) is 17.4. The summed E-state index contributed by atoms with van der Waals surface area (Å²) in [6.45, 7) is 7.80. The first-order chi connectivity index (χ1) is 25.2. The number of carbonyl (C=O) groups is 1. The molecule has 5 heterocycles. The van der Waals surface area contributed by atoms with Crippen molar-refractivity contribution in [2.75, 3.05) is 26.2 Å². The summed E-state index contributed by atoms with van der Waals surface area (Å²) in [5.41, 5.74) is 9.71. The Morgan fingerprint density at radius 1 is 0.865 bits per heavy atom. The van der Waals surface area contributed by atoms with Gasteiger partial charge in [-0.25, -0.2) is 14.5 Å². The highest BCUT2D eigenvalue weighted by molar-refractivity contribution is 5.85. The fourth-order valence-electron chi connectivity index (χ4n) is 7.68. The maximum Gasteiger partial charge on any atom is 0.307 e. The van der Waals surface area contributed by atoms with E-state index in [-0.39, 0.29) is 12.0 Å². The van der Waals surface area contributed by atoms with E-state index >= 15 is 0 Å². The highest BCUT2D eigenvalue weighted by Crippen LogP contribution is 2.37. The van der Waals surface area contributed by atoms with E-state index in [0.717, 1.165) is 57.5 Å². The van der Waals surface area contributed by atoms with Gasteiger partial charge in [-0.3, -0.25) is 14.6 Å². The molecular formula is C40H36N8O4. The van der Waals surface area contributed by atoms with Crippen LogP contribution in [0.15, 0.2) is 65.2 Å². The maximum atomic E-state index is 11.5. The number of aliphatic hydroxyl groups excluding tert-OH is 1. The SMILES string of the molecule is Cc1c(-c2nc3c(C#N)cc(CN4CC[C@@H](O)C4)cn3n2)cccc1-c1cccc(-c2nc3cc(CN4CC[C@@H](C(=O)O)C4)cc(C#N)c3o2)c1C. The van der Waals surface area contributed by atoms with Crippen LogP contribution < -0.4 is 0 Å². The Bertz CT molecular complexity index is 2470. The molecule has 0 aliphatic carbocycles. The molecule has 52 heavy (non-hydrogen) atoms. The third kappa shape index (κ3) is 6.07. The van der Waals surface area contributed by atoms with E-state index in [4.69, 9.17) is 19.5 Å². The van der Waals surface area contributed by atoms with Crippen molar-refractivity contribution in [1.29, 1.82) is 10.5 Å². The Labute approximate surface area is 299 Å². The summed E-state index contributed by atoms with van der Waals surface area (Å²) in [5, 5.41) is 44.2. The van der Waals surface area contributed by atoms with E-state index < -0.39 is 5.97 Å². The summed E-state index contributed by atoms with van der Waals surface area (Å²) in [6.07, 6.45) is 2.94. The minimum absolute atomic E-state index is 0.320. The number of fused-ring (bicyclic) bond motifs is 2. The number of carboxylic acids is 1. The number of rotatable bonds is 8. The van der Waals surface area contributed by atoms with Crippen LogP contribution in [0.5, 0.6) is 0 Å². The van der Waals surface area contributed by atoms with Gasteiger partial charge in [0.1, 0.15) is 17.7 Å². The largest absolute Gasteiger partial charge is 0.481 e. The molecule has 6 aromatic rings. The first-order valence-electron chi connectivity index (χ1n) is 17.4. The zero-order valence-electron chi connectivity index (χ0n) is 28.9. The van der Waals surface area contributed by atoms with Crippen molar-refractivity contribution >= 4 is 22.7 Å². The number of nitrogens with zero attached hydrogens (tertiary/aromatic N) is 8. The molecule has 2 atom stereocenters. The minimum atomic E-state index is -0.776. The molecule has 12 heteroatoms. The molecule has 0 bridgehead atoms. The van der Waals surface area contributed by atoms with Gasteiger partial charge in [0.2, 0.25) is 5.89 Å². The lowest BCUT2D eigenvalue weighted by atomic mass is 9.91. The molecule has 3 aromatic carbocycles. The average Bonchev–Trinajstić information content (AvgIpc) is 3.95. The van der Waals surface area contributed by atoms with Crippen molar-refractivity contribution in [3.8, 4) is 46.1 Å². The Kier molecular flexibility index (Phi) is 8.52. The third-order valence-electron chi connectivity index (χ3n) is 10.4. The molecule has 0 radical (unpaired) electrons. The molecule has 2 aliphatic rings. The summed E-state index contributed by atoms with van der Waals surface area (Å²) in [4.78, 5) is 25.4. The van der Waals surface area contributed by atoms with E-state index in [1.165, 1.54) is 0 Å². The van der Waals surface area contributed by atoms with Gasteiger partial charge in [-0.15, -0.1) is 5.10 Å². The molecule has 12 nitrogen and oxygen atoms in total. The van der Waals surface area contributed by atoms with Gasteiger partial charge in [0.15, 0.2) is 17.1 Å². The quantitative estimate of drug-likeness (QED) is 0.201. The predicted molar refractivity (Wildman–Crippen MR) is 193 cm³/mol. The van der Waals surface area contributed by atoms with Gasteiger partial charge in [-0.2, -0.15) is 10.5 Å². The Hall–Kier alpha value is -5.92. The summed E-state index contributed by atoms with van der Waals surface area (Å²) in [5.74, 6) is -0.222. The molecule has 0 spiro atoms.